The summed E-state index contributed by atoms with van der Waals surface area (Å²) < 4.78 is 0. The predicted molar refractivity (Wildman–Crippen MR) is 46.5 cm³/mol. The highest BCUT2D eigenvalue weighted by Crippen LogP contribution is 2.09. The lowest BCUT2D eigenvalue weighted by atomic mass is 10.2. The van der Waals surface area contributed by atoms with Gasteiger partial charge >= 0.3 is 0 Å². The van der Waals surface area contributed by atoms with Gasteiger partial charge < -0.3 is 5.73 Å². The molecule has 2 aromatic heterocycles. The Labute approximate surface area is 73.9 Å². The molecule has 5 heteroatoms. The van der Waals surface area contributed by atoms with E-state index in [9.17, 15) is 0 Å². The third-order valence-corrected chi connectivity index (χ3v) is 1.58. The first kappa shape index (κ1) is 7.43. The number of pyridine rings is 1. The molecular formula is C8H5N5. The van der Waals surface area contributed by atoms with Crippen LogP contribution >= 0.6 is 0 Å². The molecule has 0 atom stereocenters. The molecule has 0 amide bonds. The van der Waals surface area contributed by atoms with Crippen molar-refractivity contribution in [3.05, 3.63) is 24.0 Å². The highest BCUT2D eigenvalue weighted by atomic mass is 15.0. The van der Waals surface area contributed by atoms with Crippen molar-refractivity contribution in [2.75, 3.05) is 5.73 Å². The third-order valence-electron chi connectivity index (χ3n) is 1.58. The van der Waals surface area contributed by atoms with Crippen molar-refractivity contribution in [1.82, 2.24) is 15.0 Å². The van der Waals surface area contributed by atoms with Crippen LogP contribution in [-0.4, -0.2) is 15.0 Å². The Morgan fingerprint density at radius 3 is 2.92 bits per heavy atom. The highest BCUT2D eigenvalue weighted by Gasteiger charge is 1.99. The van der Waals surface area contributed by atoms with Crippen molar-refractivity contribution in [3.8, 4) is 6.07 Å². The normalized spacial score (nSPS) is 9.77. The van der Waals surface area contributed by atoms with Crippen molar-refractivity contribution < 1.29 is 0 Å². The second kappa shape index (κ2) is 2.68. The first-order chi connectivity index (χ1) is 6.29. The number of nitrogens with two attached hydrogens (primary N) is 1. The molecule has 0 fully saturated rings. The van der Waals surface area contributed by atoms with Crippen LogP contribution in [0, 0.1) is 11.3 Å². The molecule has 0 saturated carbocycles. The van der Waals surface area contributed by atoms with Gasteiger partial charge in [-0.05, 0) is 6.07 Å². The van der Waals surface area contributed by atoms with E-state index in [1.165, 1.54) is 6.20 Å². The second-order valence-corrected chi connectivity index (χ2v) is 2.48. The summed E-state index contributed by atoms with van der Waals surface area (Å²) in [5.41, 5.74) is 6.36. The maximum atomic E-state index is 8.60. The van der Waals surface area contributed by atoms with E-state index in [-0.39, 0.29) is 5.95 Å². The summed E-state index contributed by atoms with van der Waals surface area (Å²) in [6.07, 6.45) is 3.00. The fraction of sp³-hybridized carbons (Fsp3) is 0. The van der Waals surface area contributed by atoms with E-state index in [2.05, 4.69) is 15.0 Å². The maximum Gasteiger partial charge on any atom is 0.222 e. The minimum atomic E-state index is 0.185. The lowest BCUT2D eigenvalue weighted by molar-refractivity contribution is 1.19. The van der Waals surface area contributed by atoms with E-state index < -0.39 is 0 Å². The van der Waals surface area contributed by atoms with Gasteiger partial charge in [-0.1, -0.05) is 0 Å². The summed E-state index contributed by atoms with van der Waals surface area (Å²) in [6.45, 7) is 0. The van der Waals surface area contributed by atoms with Crippen molar-refractivity contribution in [2.45, 2.75) is 0 Å². The summed E-state index contributed by atoms with van der Waals surface area (Å²) >= 11 is 0. The third kappa shape index (κ3) is 1.25. The Balaban J connectivity index is 2.75. The van der Waals surface area contributed by atoms with E-state index in [4.69, 9.17) is 11.0 Å². The number of anilines is 1. The molecule has 2 heterocycles. The molecular weight excluding hydrogens is 166 g/mol. The Morgan fingerprint density at radius 1 is 1.31 bits per heavy atom. The average Bonchev–Trinajstić information content (AvgIpc) is 2.17. The molecule has 0 aliphatic rings. The lowest BCUT2D eigenvalue weighted by Gasteiger charge is -1.96. The Morgan fingerprint density at radius 2 is 2.15 bits per heavy atom. The second-order valence-electron chi connectivity index (χ2n) is 2.48. The minimum absolute atomic E-state index is 0.185. The van der Waals surface area contributed by atoms with Gasteiger partial charge in [-0.2, -0.15) is 10.2 Å². The van der Waals surface area contributed by atoms with E-state index in [1.807, 2.05) is 6.07 Å². The summed E-state index contributed by atoms with van der Waals surface area (Å²) in [6, 6.07) is 3.65. The molecule has 0 radical (unpaired) electrons. The fourth-order valence-electron chi connectivity index (χ4n) is 0.997. The fourth-order valence-corrected chi connectivity index (χ4v) is 0.997. The summed E-state index contributed by atoms with van der Waals surface area (Å²) in [5, 5.41) is 9.31. The maximum absolute atomic E-state index is 8.60. The van der Waals surface area contributed by atoms with Crippen molar-refractivity contribution in [3.63, 3.8) is 0 Å². The van der Waals surface area contributed by atoms with Crippen LogP contribution in [0.25, 0.3) is 11.0 Å². The molecule has 5 nitrogen and oxygen atoms in total. The van der Waals surface area contributed by atoms with Gasteiger partial charge in [0.25, 0.3) is 0 Å². The van der Waals surface area contributed by atoms with Crippen molar-refractivity contribution >= 4 is 17.0 Å². The van der Waals surface area contributed by atoms with Crippen LogP contribution in [-0.2, 0) is 0 Å². The van der Waals surface area contributed by atoms with E-state index in [1.54, 1.807) is 12.3 Å². The van der Waals surface area contributed by atoms with Crippen LogP contribution in [0.3, 0.4) is 0 Å². The molecule has 0 aliphatic heterocycles. The van der Waals surface area contributed by atoms with Crippen LogP contribution < -0.4 is 5.73 Å². The zero-order valence-electron chi connectivity index (χ0n) is 6.60. The number of hydrogen-bond donors (Lipinski definition) is 1. The van der Waals surface area contributed by atoms with Crippen LogP contribution in [0.1, 0.15) is 5.56 Å². The smallest absolute Gasteiger partial charge is 0.222 e. The quantitative estimate of drug-likeness (QED) is 0.622. The molecule has 0 spiro atoms. The Hall–Kier alpha value is -2.22. The summed E-state index contributed by atoms with van der Waals surface area (Å²) in [4.78, 5) is 11.7. The molecule has 2 N–H and O–H groups in total. The molecule has 0 aromatic carbocycles. The highest BCUT2D eigenvalue weighted by molar-refractivity contribution is 5.75. The van der Waals surface area contributed by atoms with Gasteiger partial charge in [0.15, 0.2) is 5.65 Å². The number of hydrogen-bond acceptors (Lipinski definition) is 5. The Kier molecular flexibility index (Phi) is 1.53. The van der Waals surface area contributed by atoms with Crippen LogP contribution in [0.5, 0.6) is 0 Å². The molecule has 0 unspecified atom stereocenters. The number of nitrogen functional groups attached to an aromatic ring is 1. The van der Waals surface area contributed by atoms with Gasteiger partial charge in [0.2, 0.25) is 5.95 Å². The first-order valence-corrected chi connectivity index (χ1v) is 3.58. The number of nitriles is 1. The summed E-state index contributed by atoms with van der Waals surface area (Å²) in [5.74, 6) is 0.185. The number of fused-ring (bicyclic) bond motifs is 1. The van der Waals surface area contributed by atoms with Crippen molar-refractivity contribution in [1.29, 1.82) is 5.26 Å². The average molecular weight is 171 g/mol. The molecule has 13 heavy (non-hydrogen) atoms. The minimum Gasteiger partial charge on any atom is -0.368 e. The number of rotatable bonds is 0. The SMILES string of the molecule is N#Cc1cnc2nc(N)ncc2c1. The number of aromatic nitrogens is 3. The molecule has 0 bridgehead atoms. The molecule has 2 rings (SSSR count). The Bertz CT molecular complexity index is 499. The number of nitrogens with zero attached hydrogens (tertiary/aromatic N) is 4. The molecule has 0 aliphatic carbocycles. The largest absolute Gasteiger partial charge is 0.368 e. The van der Waals surface area contributed by atoms with Crippen molar-refractivity contribution in [2.24, 2.45) is 0 Å². The van der Waals surface area contributed by atoms with Crippen LogP contribution in [0.2, 0.25) is 0 Å². The lowest BCUT2D eigenvalue weighted by Crippen LogP contribution is -1.95. The van der Waals surface area contributed by atoms with E-state index in [0.717, 1.165) is 0 Å². The zero-order chi connectivity index (χ0) is 9.26. The van der Waals surface area contributed by atoms with E-state index in [0.29, 0.717) is 16.6 Å². The molecule has 62 valence electrons. The van der Waals surface area contributed by atoms with Crippen LogP contribution in [0.4, 0.5) is 5.95 Å². The van der Waals surface area contributed by atoms with Gasteiger partial charge in [-0.15, -0.1) is 0 Å². The monoisotopic (exact) mass is 171 g/mol. The van der Waals surface area contributed by atoms with Gasteiger partial charge in [-0.3, -0.25) is 0 Å². The summed E-state index contributed by atoms with van der Waals surface area (Å²) in [7, 11) is 0. The van der Waals surface area contributed by atoms with Gasteiger partial charge in [0.1, 0.15) is 6.07 Å². The van der Waals surface area contributed by atoms with Gasteiger partial charge in [0.05, 0.1) is 5.56 Å². The van der Waals surface area contributed by atoms with Crippen LogP contribution in [0.15, 0.2) is 18.5 Å². The predicted octanol–water partition coefficient (Wildman–Crippen LogP) is 0.479. The standard InChI is InChI=1S/C8H5N5/c9-2-5-1-6-4-12-8(10)13-7(6)11-3-5/h1,3-4H,(H2,10,11,12,13). The topological polar surface area (TPSA) is 88.5 Å². The zero-order valence-corrected chi connectivity index (χ0v) is 6.60. The first-order valence-electron chi connectivity index (χ1n) is 3.58. The molecule has 0 saturated heterocycles. The van der Waals surface area contributed by atoms with E-state index >= 15 is 0 Å². The van der Waals surface area contributed by atoms with Gasteiger partial charge in [-0.25, -0.2) is 9.97 Å². The van der Waals surface area contributed by atoms with Gasteiger partial charge in [0, 0.05) is 17.8 Å². The molecule has 2 aromatic rings.